The number of nitriles is 1. The number of phosphoric acid groups is 1. The molecule has 1 unspecified atom stereocenters. The standard InChI is InChI=1S/C46H49N4O12P/c1-45(2)56-29-38(61-45)30-59-63(53,58-27-11-25-47)62-39-28-42(50-26-24-41(49-44(50)52)48-43(51)32-12-7-5-8-13-32)60-40(39)31-57-46(33-14-9-6-10-15-33,34-16-20-36(54-3)21-17-34)35-18-22-37(55-4)23-19-35/h5-10,12-24,26,38-40,42H,11,27-31H2,1-4H3,(H,48,49,51,52)/t38-,39+,40-,42-,63?/m1/s1. The van der Waals surface area contributed by atoms with Gasteiger partial charge in [0.25, 0.3) is 5.91 Å². The van der Waals surface area contributed by atoms with E-state index in [0.717, 1.165) is 16.7 Å². The molecule has 2 fully saturated rings. The summed E-state index contributed by atoms with van der Waals surface area (Å²) in [5.41, 5.74) is 0.648. The number of carbonyl (C=O) groups is 1. The van der Waals surface area contributed by atoms with E-state index >= 15 is 0 Å². The summed E-state index contributed by atoms with van der Waals surface area (Å²) in [6, 6.07) is 36.6. The Morgan fingerprint density at radius 1 is 0.889 bits per heavy atom. The molecule has 16 nitrogen and oxygen atoms in total. The van der Waals surface area contributed by atoms with Crippen LogP contribution in [0.25, 0.3) is 0 Å². The summed E-state index contributed by atoms with van der Waals surface area (Å²) < 4.78 is 70.0. The Hall–Kier alpha value is -5.73. The Bertz CT molecular complexity index is 2400. The van der Waals surface area contributed by atoms with E-state index in [-0.39, 0.29) is 45.1 Å². The zero-order chi connectivity index (χ0) is 44.5. The number of phosphoric ester groups is 1. The lowest BCUT2D eigenvalue weighted by Gasteiger charge is -2.37. The van der Waals surface area contributed by atoms with Gasteiger partial charge in [-0.05, 0) is 73.0 Å². The molecule has 1 amide bonds. The number of rotatable bonds is 19. The number of hydrogen-bond acceptors (Lipinski definition) is 14. The van der Waals surface area contributed by atoms with Crippen LogP contribution in [-0.2, 0) is 42.7 Å². The first-order valence-corrected chi connectivity index (χ1v) is 21.8. The number of nitrogens with one attached hydrogen (secondary N) is 1. The predicted molar refractivity (Wildman–Crippen MR) is 229 cm³/mol. The average Bonchev–Trinajstić information content (AvgIpc) is 3.87. The Morgan fingerprint density at radius 3 is 2.08 bits per heavy atom. The molecular weight excluding hydrogens is 831 g/mol. The second kappa shape index (κ2) is 20.2. The molecule has 1 aromatic heterocycles. The van der Waals surface area contributed by atoms with Crippen molar-refractivity contribution in [3.05, 3.63) is 154 Å². The van der Waals surface area contributed by atoms with Crippen LogP contribution in [0, 0.1) is 11.3 Å². The number of anilines is 1. The smallest absolute Gasteiger partial charge is 0.475 e. The fourth-order valence-corrected chi connectivity index (χ4v) is 8.79. The van der Waals surface area contributed by atoms with Gasteiger partial charge in [-0.25, -0.2) is 9.36 Å². The largest absolute Gasteiger partial charge is 0.497 e. The molecule has 0 bridgehead atoms. The van der Waals surface area contributed by atoms with Crippen molar-refractivity contribution in [2.45, 2.75) is 62.6 Å². The summed E-state index contributed by atoms with van der Waals surface area (Å²) in [4.78, 5) is 30.6. The van der Waals surface area contributed by atoms with Crippen molar-refractivity contribution < 1.29 is 51.4 Å². The summed E-state index contributed by atoms with van der Waals surface area (Å²) in [6.07, 6.45) is -2.39. The topological polar surface area (TPSA) is 188 Å². The summed E-state index contributed by atoms with van der Waals surface area (Å²) in [7, 11) is -1.29. The quantitative estimate of drug-likeness (QED) is 0.0491. The van der Waals surface area contributed by atoms with Crippen molar-refractivity contribution in [3.8, 4) is 17.6 Å². The molecule has 2 saturated heterocycles. The van der Waals surface area contributed by atoms with Crippen LogP contribution >= 0.6 is 7.82 Å². The van der Waals surface area contributed by atoms with Gasteiger partial charge in [0.2, 0.25) is 0 Å². The fourth-order valence-electron chi connectivity index (χ4n) is 7.38. The lowest BCUT2D eigenvalue weighted by Crippen LogP contribution is -2.38. The Morgan fingerprint density at radius 2 is 1.51 bits per heavy atom. The third-order valence-corrected chi connectivity index (χ3v) is 11.9. The number of amides is 1. The zero-order valence-corrected chi connectivity index (χ0v) is 36.2. The highest BCUT2D eigenvalue weighted by atomic mass is 31.2. The van der Waals surface area contributed by atoms with Gasteiger partial charge in [-0.15, -0.1) is 0 Å². The number of methoxy groups -OCH3 is 2. The van der Waals surface area contributed by atoms with Crippen molar-refractivity contribution in [2.75, 3.05) is 46.0 Å². The summed E-state index contributed by atoms with van der Waals surface area (Å²) >= 11 is 0. The van der Waals surface area contributed by atoms with Crippen LogP contribution in [0.2, 0.25) is 0 Å². The first-order valence-electron chi connectivity index (χ1n) is 20.3. The summed E-state index contributed by atoms with van der Waals surface area (Å²) in [6.45, 7) is 3.02. The van der Waals surface area contributed by atoms with Crippen molar-refractivity contribution >= 4 is 19.5 Å². The molecule has 17 heteroatoms. The van der Waals surface area contributed by atoms with Gasteiger partial charge in [0.1, 0.15) is 47.5 Å². The Kier molecular flexibility index (Phi) is 14.5. The van der Waals surface area contributed by atoms with Crippen molar-refractivity contribution in [2.24, 2.45) is 0 Å². The highest BCUT2D eigenvalue weighted by molar-refractivity contribution is 7.48. The van der Waals surface area contributed by atoms with Crippen LogP contribution in [0.15, 0.2) is 126 Å². The fraction of sp³-hybridized carbons (Fsp3) is 0.348. The van der Waals surface area contributed by atoms with Crippen LogP contribution in [0.3, 0.4) is 0 Å². The van der Waals surface area contributed by atoms with E-state index in [2.05, 4.69) is 10.3 Å². The molecular formula is C46H49N4O12P. The molecule has 4 aromatic carbocycles. The van der Waals surface area contributed by atoms with Gasteiger partial charge in [-0.3, -0.25) is 22.9 Å². The number of ether oxygens (including phenoxy) is 6. The van der Waals surface area contributed by atoms with Gasteiger partial charge in [-0.2, -0.15) is 10.2 Å². The van der Waals surface area contributed by atoms with E-state index in [1.54, 1.807) is 58.4 Å². The van der Waals surface area contributed by atoms with Crippen LogP contribution < -0.4 is 20.5 Å². The number of benzene rings is 4. The highest BCUT2D eigenvalue weighted by Gasteiger charge is 2.47. The lowest BCUT2D eigenvalue weighted by molar-refractivity contribution is -0.142. The number of aromatic nitrogens is 2. The SMILES string of the molecule is COc1ccc(C(OC[C@H]2O[C@@H](n3ccc(NC(=O)c4ccccc4)nc3=O)C[C@@H]2OP(=O)(OCCC#N)OC[C@H]2COC(C)(C)O2)(c2ccccc2)c2ccc(OC)cc2)cc1. The molecule has 1 N–H and O–H groups in total. The minimum absolute atomic E-state index is 0.0347. The van der Waals surface area contributed by atoms with Gasteiger partial charge >= 0.3 is 13.5 Å². The maximum absolute atomic E-state index is 14.6. The number of carbonyl (C=O) groups excluding carboxylic acids is 1. The normalized spacial score (nSPS) is 20.4. The monoisotopic (exact) mass is 880 g/mol. The maximum Gasteiger partial charge on any atom is 0.475 e. The highest BCUT2D eigenvalue weighted by Crippen LogP contribution is 2.54. The summed E-state index contributed by atoms with van der Waals surface area (Å²) in [5, 5.41) is 12.0. The van der Waals surface area contributed by atoms with E-state index in [4.69, 9.17) is 42.0 Å². The van der Waals surface area contributed by atoms with Crippen molar-refractivity contribution in [1.29, 1.82) is 5.26 Å². The van der Waals surface area contributed by atoms with Gasteiger partial charge in [0.15, 0.2) is 5.79 Å². The van der Waals surface area contributed by atoms with Crippen LogP contribution in [0.5, 0.6) is 11.5 Å². The minimum atomic E-state index is -4.47. The van der Waals surface area contributed by atoms with Crippen LogP contribution in [0.1, 0.15) is 60.0 Å². The van der Waals surface area contributed by atoms with Crippen molar-refractivity contribution in [1.82, 2.24) is 9.55 Å². The van der Waals surface area contributed by atoms with E-state index in [0.29, 0.717) is 17.1 Å². The first-order chi connectivity index (χ1) is 30.4. The van der Waals surface area contributed by atoms with Gasteiger partial charge in [-0.1, -0.05) is 72.8 Å². The van der Waals surface area contributed by atoms with E-state index in [9.17, 15) is 19.4 Å². The van der Waals surface area contributed by atoms with Gasteiger partial charge in [0.05, 0.1) is 53.1 Å². The van der Waals surface area contributed by atoms with E-state index in [1.165, 1.54) is 16.8 Å². The molecule has 3 heterocycles. The predicted octanol–water partition coefficient (Wildman–Crippen LogP) is 7.40. The average molecular weight is 881 g/mol. The maximum atomic E-state index is 14.6. The second-order valence-corrected chi connectivity index (χ2v) is 16.7. The molecule has 0 radical (unpaired) electrons. The lowest BCUT2D eigenvalue weighted by atomic mass is 9.80. The van der Waals surface area contributed by atoms with Crippen LogP contribution in [-0.4, -0.2) is 80.2 Å². The summed E-state index contributed by atoms with van der Waals surface area (Å²) in [5.74, 6) is -0.00597. The molecule has 2 aliphatic heterocycles. The second-order valence-electron chi connectivity index (χ2n) is 15.1. The number of hydrogen-bond donors (Lipinski definition) is 1. The van der Waals surface area contributed by atoms with Gasteiger partial charge < -0.3 is 33.7 Å². The van der Waals surface area contributed by atoms with Gasteiger partial charge in [0, 0.05) is 18.2 Å². The zero-order valence-electron chi connectivity index (χ0n) is 35.3. The molecule has 0 aliphatic carbocycles. The molecule has 0 spiro atoms. The van der Waals surface area contributed by atoms with E-state index < -0.39 is 55.3 Å². The molecule has 7 rings (SSSR count). The number of nitrogens with zero attached hydrogens (tertiary/aromatic N) is 3. The first kappa shape index (κ1) is 45.3. The third-order valence-electron chi connectivity index (χ3n) is 10.4. The van der Waals surface area contributed by atoms with E-state index in [1.807, 2.05) is 84.9 Å². The third kappa shape index (κ3) is 10.9. The molecule has 2 aliphatic rings. The molecule has 0 saturated carbocycles. The molecule has 63 heavy (non-hydrogen) atoms. The molecule has 5 aromatic rings. The van der Waals surface area contributed by atoms with Crippen molar-refractivity contribution in [3.63, 3.8) is 0 Å². The Labute approximate surface area is 365 Å². The van der Waals surface area contributed by atoms with Crippen LogP contribution in [0.4, 0.5) is 5.82 Å². The minimum Gasteiger partial charge on any atom is -0.497 e. The molecule has 330 valence electrons. The Balaban J connectivity index is 1.24. The molecule has 5 atom stereocenters.